The lowest BCUT2D eigenvalue weighted by Gasteiger charge is -2.20. The van der Waals surface area contributed by atoms with Gasteiger partial charge in [-0.2, -0.15) is 0 Å². The number of hydrogen-bond donors (Lipinski definition) is 1. The van der Waals surface area contributed by atoms with Gasteiger partial charge in [0.15, 0.2) is 5.16 Å². The van der Waals surface area contributed by atoms with E-state index in [1.165, 1.54) is 16.7 Å². The molecule has 1 heterocycles. The van der Waals surface area contributed by atoms with Gasteiger partial charge in [0.05, 0.1) is 0 Å². The van der Waals surface area contributed by atoms with Crippen LogP contribution in [0.2, 0.25) is 0 Å². The fourth-order valence-corrected chi connectivity index (χ4v) is 2.73. The first kappa shape index (κ1) is 18.4. The van der Waals surface area contributed by atoms with Crippen LogP contribution in [0.25, 0.3) is 0 Å². The summed E-state index contributed by atoms with van der Waals surface area (Å²) in [6, 6.07) is 0. The first-order valence-corrected chi connectivity index (χ1v) is 8.49. The number of carboxylic acid groups (broad SMARTS) is 1. The van der Waals surface area contributed by atoms with Crippen molar-refractivity contribution in [2.75, 3.05) is 19.3 Å². The molecule has 0 saturated carbocycles. The van der Waals surface area contributed by atoms with Crippen molar-refractivity contribution in [2.45, 2.75) is 45.2 Å². The molecule has 0 aliphatic rings. The predicted molar refractivity (Wildman–Crippen MR) is 86.1 cm³/mol. The van der Waals surface area contributed by atoms with Crippen LogP contribution in [0.3, 0.4) is 0 Å². The normalized spacial score (nSPS) is 10.5. The van der Waals surface area contributed by atoms with Gasteiger partial charge in [-0.25, -0.2) is 9.97 Å². The number of hydrogen-bond acceptors (Lipinski definition) is 5. The zero-order valence-corrected chi connectivity index (χ0v) is 14.4. The Kier molecular flexibility index (Phi) is 7.31. The molecular weight excluding hydrogens is 302 g/mol. The number of carbonyl (C=O) groups is 2. The van der Waals surface area contributed by atoms with Crippen LogP contribution in [0.15, 0.2) is 5.16 Å². The average Bonchev–Trinajstić information content (AvgIpc) is 2.44. The maximum atomic E-state index is 12.2. The zero-order chi connectivity index (χ0) is 16.7. The van der Waals surface area contributed by atoms with E-state index in [9.17, 15) is 9.59 Å². The molecule has 122 valence electrons. The van der Waals surface area contributed by atoms with Crippen LogP contribution in [-0.4, -0.2) is 51.2 Å². The van der Waals surface area contributed by atoms with Crippen molar-refractivity contribution in [3.8, 4) is 0 Å². The molecule has 1 aromatic heterocycles. The fraction of sp³-hybridized carbons (Fsp3) is 0.600. The number of amides is 1. The quantitative estimate of drug-likeness (QED) is 0.582. The highest BCUT2D eigenvalue weighted by molar-refractivity contribution is 7.98. The van der Waals surface area contributed by atoms with Gasteiger partial charge in [0.2, 0.25) is 5.91 Å². The molecule has 7 heteroatoms. The van der Waals surface area contributed by atoms with E-state index in [0.717, 1.165) is 28.5 Å². The summed E-state index contributed by atoms with van der Waals surface area (Å²) < 4.78 is 0. The summed E-state index contributed by atoms with van der Waals surface area (Å²) in [6.07, 6.45) is 3.47. The minimum Gasteiger partial charge on any atom is -0.480 e. The number of carboxylic acids is 1. The average molecular weight is 325 g/mol. The third-order valence-electron chi connectivity index (χ3n) is 3.34. The van der Waals surface area contributed by atoms with Gasteiger partial charge in [-0.3, -0.25) is 9.59 Å². The number of aromatic nitrogens is 2. The van der Waals surface area contributed by atoms with Gasteiger partial charge < -0.3 is 10.0 Å². The Labute approximate surface area is 135 Å². The summed E-state index contributed by atoms with van der Waals surface area (Å²) in [5, 5.41) is 9.60. The minimum absolute atomic E-state index is 0.142. The lowest BCUT2D eigenvalue weighted by molar-refractivity contribution is -0.144. The second-order valence-corrected chi connectivity index (χ2v) is 5.84. The highest BCUT2D eigenvalue weighted by Gasteiger charge is 2.17. The summed E-state index contributed by atoms with van der Waals surface area (Å²) >= 11 is 1.49. The topological polar surface area (TPSA) is 83.4 Å². The Bertz CT molecular complexity index is 526. The standard InChI is InChI=1S/C15H23N3O3S/c1-5-8-18(9-14(20)21)13(19)7-6-12-10(2)16-15(22-4)17-11(12)3/h5-9H2,1-4H3,(H,20,21). The van der Waals surface area contributed by atoms with Crippen LogP contribution < -0.4 is 0 Å². The number of aryl methyl sites for hydroxylation is 2. The SMILES string of the molecule is CCCN(CC(=O)O)C(=O)CCc1c(C)nc(SC)nc1C. The van der Waals surface area contributed by atoms with Crippen molar-refractivity contribution in [1.29, 1.82) is 0 Å². The predicted octanol–water partition coefficient (Wildman–Crippen LogP) is 2.07. The Morgan fingerprint density at radius 2 is 1.82 bits per heavy atom. The maximum absolute atomic E-state index is 12.2. The van der Waals surface area contributed by atoms with Crippen LogP contribution in [0.5, 0.6) is 0 Å². The van der Waals surface area contributed by atoms with Gasteiger partial charge in [-0.05, 0) is 38.5 Å². The Morgan fingerprint density at radius 1 is 1.23 bits per heavy atom. The van der Waals surface area contributed by atoms with Crippen LogP contribution >= 0.6 is 11.8 Å². The van der Waals surface area contributed by atoms with E-state index in [2.05, 4.69) is 9.97 Å². The number of aliphatic carboxylic acids is 1. The Balaban J connectivity index is 2.76. The van der Waals surface area contributed by atoms with E-state index in [1.807, 2.05) is 27.0 Å². The van der Waals surface area contributed by atoms with Gasteiger partial charge in [0, 0.05) is 24.4 Å². The Hall–Kier alpha value is -1.63. The smallest absolute Gasteiger partial charge is 0.323 e. The molecule has 0 aromatic carbocycles. The zero-order valence-electron chi connectivity index (χ0n) is 13.5. The molecule has 0 radical (unpaired) electrons. The monoisotopic (exact) mass is 325 g/mol. The summed E-state index contributed by atoms with van der Waals surface area (Å²) in [5.41, 5.74) is 2.73. The molecule has 1 amide bonds. The van der Waals surface area contributed by atoms with Crippen LogP contribution in [0, 0.1) is 13.8 Å². The van der Waals surface area contributed by atoms with Gasteiger partial charge in [0.1, 0.15) is 6.54 Å². The summed E-state index contributed by atoms with van der Waals surface area (Å²) in [5.74, 6) is -1.13. The van der Waals surface area contributed by atoms with Crippen molar-refractivity contribution in [3.63, 3.8) is 0 Å². The second-order valence-electron chi connectivity index (χ2n) is 5.07. The first-order chi connectivity index (χ1) is 10.4. The molecule has 1 aromatic rings. The van der Waals surface area contributed by atoms with E-state index in [4.69, 9.17) is 5.11 Å². The third-order valence-corrected chi connectivity index (χ3v) is 3.89. The summed E-state index contributed by atoms with van der Waals surface area (Å²) in [4.78, 5) is 33.2. The van der Waals surface area contributed by atoms with E-state index in [1.54, 1.807) is 0 Å². The molecule has 0 aliphatic heterocycles. The largest absolute Gasteiger partial charge is 0.480 e. The van der Waals surface area contributed by atoms with Crippen molar-refractivity contribution in [1.82, 2.24) is 14.9 Å². The van der Waals surface area contributed by atoms with Crippen molar-refractivity contribution >= 4 is 23.6 Å². The molecule has 0 spiro atoms. The summed E-state index contributed by atoms with van der Waals surface area (Å²) in [6.45, 7) is 5.97. The third kappa shape index (κ3) is 5.29. The van der Waals surface area contributed by atoms with Gasteiger partial charge in [-0.1, -0.05) is 18.7 Å². The molecule has 0 saturated heterocycles. The van der Waals surface area contributed by atoms with Gasteiger partial charge in [-0.15, -0.1) is 0 Å². The van der Waals surface area contributed by atoms with E-state index >= 15 is 0 Å². The molecule has 1 N–H and O–H groups in total. The molecule has 0 fully saturated rings. The van der Waals surface area contributed by atoms with Crippen LogP contribution in [-0.2, 0) is 16.0 Å². The van der Waals surface area contributed by atoms with Crippen molar-refractivity contribution in [2.24, 2.45) is 0 Å². The number of rotatable bonds is 8. The molecule has 1 rings (SSSR count). The lowest BCUT2D eigenvalue weighted by atomic mass is 10.1. The highest BCUT2D eigenvalue weighted by atomic mass is 32.2. The fourth-order valence-electron chi connectivity index (χ4n) is 2.28. The Morgan fingerprint density at radius 3 is 2.27 bits per heavy atom. The molecule has 0 atom stereocenters. The molecule has 22 heavy (non-hydrogen) atoms. The summed E-state index contributed by atoms with van der Waals surface area (Å²) in [7, 11) is 0. The molecular formula is C15H23N3O3S. The van der Waals surface area contributed by atoms with E-state index < -0.39 is 5.97 Å². The molecule has 6 nitrogen and oxygen atoms in total. The van der Waals surface area contributed by atoms with Crippen molar-refractivity contribution in [3.05, 3.63) is 17.0 Å². The highest BCUT2D eigenvalue weighted by Crippen LogP contribution is 2.17. The molecule has 0 unspecified atom stereocenters. The lowest BCUT2D eigenvalue weighted by Crippen LogP contribution is -2.36. The van der Waals surface area contributed by atoms with Gasteiger partial charge in [0.25, 0.3) is 0 Å². The van der Waals surface area contributed by atoms with Crippen LogP contribution in [0.4, 0.5) is 0 Å². The van der Waals surface area contributed by atoms with Crippen LogP contribution in [0.1, 0.15) is 36.7 Å². The molecule has 0 aliphatic carbocycles. The van der Waals surface area contributed by atoms with E-state index in [0.29, 0.717) is 13.0 Å². The number of thioether (sulfide) groups is 1. The van der Waals surface area contributed by atoms with E-state index in [-0.39, 0.29) is 18.9 Å². The molecule has 0 bridgehead atoms. The minimum atomic E-state index is -0.984. The number of nitrogens with zero attached hydrogens (tertiary/aromatic N) is 3. The number of carbonyl (C=O) groups excluding carboxylic acids is 1. The van der Waals surface area contributed by atoms with Crippen molar-refractivity contribution < 1.29 is 14.7 Å². The maximum Gasteiger partial charge on any atom is 0.323 e. The second kappa shape index (κ2) is 8.73. The first-order valence-electron chi connectivity index (χ1n) is 7.26. The van der Waals surface area contributed by atoms with Gasteiger partial charge >= 0.3 is 5.97 Å².